The van der Waals surface area contributed by atoms with Gasteiger partial charge in [-0.15, -0.1) is 0 Å². The first-order valence-corrected chi connectivity index (χ1v) is 6.74. The van der Waals surface area contributed by atoms with Crippen LogP contribution >= 0.6 is 0 Å². The highest BCUT2D eigenvalue weighted by molar-refractivity contribution is 6.13. The van der Waals surface area contributed by atoms with Crippen molar-refractivity contribution >= 4 is 11.8 Å². The number of hydrogen-bond donors (Lipinski definition) is 2. The number of ketones is 1. The van der Waals surface area contributed by atoms with Gasteiger partial charge in [-0.2, -0.15) is 0 Å². The summed E-state index contributed by atoms with van der Waals surface area (Å²) in [6, 6.07) is 14.9. The van der Waals surface area contributed by atoms with Crippen molar-refractivity contribution < 1.29 is 14.7 Å². The Morgan fingerprint density at radius 1 is 1.05 bits per heavy atom. The third kappa shape index (κ3) is 1.87. The van der Waals surface area contributed by atoms with Gasteiger partial charge in [0, 0.05) is 5.56 Å². The fourth-order valence-corrected chi connectivity index (χ4v) is 3.05. The van der Waals surface area contributed by atoms with Crippen molar-refractivity contribution in [3.05, 3.63) is 71.3 Å². The van der Waals surface area contributed by atoms with Gasteiger partial charge in [0.25, 0.3) is 0 Å². The normalized spacial score (nSPS) is 23.6. The standard InChI is InChI=1S/C17H15NO3/c18-14-13-9-5-4-8-12(13)10-17(14,16(20)21)15(19)11-6-2-1-3-7-11/h1-9,14H,10,18H2,(H,20,21). The van der Waals surface area contributed by atoms with Gasteiger partial charge in [0.05, 0.1) is 6.04 Å². The first-order valence-electron chi connectivity index (χ1n) is 6.74. The molecule has 0 saturated heterocycles. The highest BCUT2D eigenvalue weighted by Crippen LogP contribution is 2.46. The number of hydrogen-bond acceptors (Lipinski definition) is 3. The Morgan fingerprint density at radius 2 is 1.67 bits per heavy atom. The van der Waals surface area contributed by atoms with Crippen LogP contribution in [0.4, 0.5) is 0 Å². The van der Waals surface area contributed by atoms with Crippen LogP contribution in [0.2, 0.25) is 0 Å². The minimum Gasteiger partial charge on any atom is -0.480 e. The number of fused-ring (bicyclic) bond motifs is 1. The average Bonchev–Trinajstić information content (AvgIpc) is 2.82. The lowest BCUT2D eigenvalue weighted by Gasteiger charge is -2.27. The summed E-state index contributed by atoms with van der Waals surface area (Å²) in [7, 11) is 0. The Hall–Kier alpha value is -2.46. The maximum Gasteiger partial charge on any atom is 0.319 e. The second-order valence-electron chi connectivity index (χ2n) is 5.32. The van der Waals surface area contributed by atoms with Crippen LogP contribution in [-0.4, -0.2) is 16.9 Å². The van der Waals surface area contributed by atoms with E-state index >= 15 is 0 Å². The van der Waals surface area contributed by atoms with E-state index in [1.807, 2.05) is 18.2 Å². The van der Waals surface area contributed by atoms with E-state index < -0.39 is 23.2 Å². The minimum absolute atomic E-state index is 0.132. The number of carboxylic acid groups (broad SMARTS) is 1. The van der Waals surface area contributed by atoms with Crippen molar-refractivity contribution in [2.24, 2.45) is 11.1 Å². The van der Waals surface area contributed by atoms with Gasteiger partial charge in [-0.3, -0.25) is 9.59 Å². The number of nitrogens with two attached hydrogens (primary N) is 1. The van der Waals surface area contributed by atoms with Crippen molar-refractivity contribution in [2.75, 3.05) is 0 Å². The van der Waals surface area contributed by atoms with E-state index in [1.165, 1.54) is 0 Å². The lowest BCUT2D eigenvalue weighted by atomic mass is 9.75. The molecule has 2 atom stereocenters. The van der Waals surface area contributed by atoms with Gasteiger partial charge < -0.3 is 10.8 Å². The van der Waals surface area contributed by atoms with Gasteiger partial charge in [0.2, 0.25) is 0 Å². The summed E-state index contributed by atoms with van der Waals surface area (Å²) in [4.78, 5) is 24.7. The molecule has 2 unspecified atom stereocenters. The van der Waals surface area contributed by atoms with Crippen molar-refractivity contribution in [3.63, 3.8) is 0 Å². The van der Waals surface area contributed by atoms with Crippen LogP contribution in [0.1, 0.15) is 27.5 Å². The zero-order valence-electron chi connectivity index (χ0n) is 11.3. The fourth-order valence-electron chi connectivity index (χ4n) is 3.05. The Bertz CT molecular complexity index is 711. The number of carboxylic acids is 1. The fraction of sp³-hybridized carbons (Fsp3) is 0.176. The summed E-state index contributed by atoms with van der Waals surface area (Å²) in [5.41, 5.74) is 6.49. The Balaban J connectivity index is 2.12. The summed E-state index contributed by atoms with van der Waals surface area (Å²) in [5, 5.41) is 9.74. The summed E-state index contributed by atoms with van der Waals surface area (Å²) in [6.07, 6.45) is 0.132. The topological polar surface area (TPSA) is 80.4 Å². The zero-order valence-corrected chi connectivity index (χ0v) is 11.3. The van der Waals surface area contributed by atoms with Crippen molar-refractivity contribution in [1.29, 1.82) is 0 Å². The number of carbonyl (C=O) groups excluding carboxylic acids is 1. The van der Waals surface area contributed by atoms with E-state index in [0.29, 0.717) is 5.56 Å². The smallest absolute Gasteiger partial charge is 0.319 e. The highest BCUT2D eigenvalue weighted by Gasteiger charge is 2.56. The van der Waals surface area contributed by atoms with E-state index in [1.54, 1.807) is 36.4 Å². The molecule has 2 aromatic carbocycles. The number of benzene rings is 2. The van der Waals surface area contributed by atoms with Crippen LogP contribution in [-0.2, 0) is 11.2 Å². The predicted molar refractivity (Wildman–Crippen MR) is 77.9 cm³/mol. The third-order valence-corrected chi connectivity index (χ3v) is 4.21. The van der Waals surface area contributed by atoms with Crippen LogP contribution in [0, 0.1) is 5.41 Å². The largest absolute Gasteiger partial charge is 0.480 e. The third-order valence-electron chi connectivity index (χ3n) is 4.21. The van der Waals surface area contributed by atoms with E-state index in [0.717, 1.165) is 11.1 Å². The summed E-state index contributed by atoms with van der Waals surface area (Å²) < 4.78 is 0. The lowest BCUT2D eigenvalue weighted by molar-refractivity contribution is -0.146. The lowest BCUT2D eigenvalue weighted by Crippen LogP contribution is -2.46. The van der Waals surface area contributed by atoms with Gasteiger partial charge in [-0.1, -0.05) is 54.6 Å². The number of rotatable bonds is 3. The molecular formula is C17H15NO3. The van der Waals surface area contributed by atoms with Gasteiger partial charge >= 0.3 is 5.97 Å². The summed E-state index contributed by atoms with van der Waals surface area (Å²) in [5.74, 6) is -1.60. The molecule has 21 heavy (non-hydrogen) atoms. The van der Waals surface area contributed by atoms with Crippen LogP contribution in [0.5, 0.6) is 0 Å². The first-order chi connectivity index (χ1) is 10.1. The van der Waals surface area contributed by atoms with Crippen molar-refractivity contribution in [1.82, 2.24) is 0 Å². The SMILES string of the molecule is NC1c2ccccc2CC1(C(=O)O)C(=O)c1ccccc1. The molecule has 0 aliphatic heterocycles. The van der Waals surface area contributed by atoms with E-state index in [9.17, 15) is 14.7 Å². The molecule has 4 nitrogen and oxygen atoms in total. The van der Waals surface area contributed by atoms with Crippen LogP contribution in [0.25, 0.3) is 0 Å². The van der Waals surface area contributed by atoms with Crippen LogP contribution in [0.3, 0.4) is 0 Å². The van der Waals surface area contributed by atoms with E-state index in [2.05, 4.69) is 0 Å². The van der Waals surface area contributed by atoms with Crippen LogP contribution in [0.15, 0.2) is 54.6 Å². The molecule has 4 heteroatoms. The molecule has 0 heterocycles. The van der Waals surface area contributed by atoms with Gasteiger partial charge in [-0.05, 0) is 17.5 Å². The van der Waals surface area contributed by atoms with Crippen molar-refractivity contribution in [3.8, 4) is 0 Å². The molecule has 1 aliphatic carbocycles. The molecule has 0 bridgehead atoms. The molecular weight excluding hydrogens is 266 g/mol. The number of carbonyl (C=O) groups is 2. The van der Waals surface area contributed by atoms with Gasteiger partial charge in [0.1, 0.15) is 0 Å². The summed E-state index contributed by atoms with van der Waals surface area (Å²) >= 11 is 0. The number of Topliss-reactive ketones (excluding diaryl/α,β-unsaturated/α-hetero) is 1. The molecule has 3 N–H and O–H groups in total. The molecule has 3 rings (SSSR count). The molecule has 1 aliphatic rings. The molecule has 0 aromatic heterocycles. The average molecular weight is 281 g/mol. The minimum atomic E-state index is -1.62. The van der Waals surface area contributed by atoms with Crippen LogP contribution < -0.4 is 5.73 Å². The maximum atomic E-state index is 12.8. The van der Waals surface area contributed by atoms with Gasteiger partial charge in [0.15, 0.2) is 11.2 Å². The molecule has 0 saturated carbocycles. The monoisotopic (exact) mass is 281 g/mol. The molecule has 0 spiro atoms. The van der Waals surface area contributed by atoms with E-state index in [4.69, 9.17) is 5.73 Å². The number of aliphatic carboxylic acids is 1. The first kappa shape index (κ1) is 13.5. The highest BCUT2D eigenvalue weighted by atomic mass is 16.4. The second kappa shape index (κ2) is 4.82. The molecule has 0 fully saturated rings. The van der Waals surface area contributed by atoms with Gasteiger partial charge in [-0.25, -0.2) is 0 Å². The predicted octanol–water partition coefficient (Wildman–Crippen LogP) is 2.20. The quantitative estimate of drug-likeness (QED) is 0.667. The maximum absolute atomic E-state index is 12.8. The second-order valence-corrected chi connectivity index (χ2v) is 5.32. The molecule has 0 amide bonds. The van der Waals surface area contributed by atoms with Crippen molar-refractivity contribution in [2.45, 2.75) is 12.5 Å². The zero-order chi connectivity index (χ0) is 15.0. The summed E-state index contributed by atoms with van der Waals surface area (Å²) in [6.45, 7) is 0. The molecule has 0 radical (unpaired) electrons. The van der Waals surface area contributed by atoms with E-state index in [-0.39, 0.29) is 6.42 Å². The molecule has 106 valence electrons. The Labute approximate surface area is 122 Å². The molecule has 2 aromatic rings. The Morgan fingerprint density at radius 3 is 2.29 bits per heavy atom. The Kier molecular flexibility index (Phi) is 3.11.